The van der Waals surface area contributed by atoms with E-state index in [2.05, 4.69) is 11.9 Å². The Labute approximate surface area is 127 Å². The number of aliphatic carboxylic acids is 1. The number of carbonyl (C=O) groups is 1. The summed E-state index contributed by atoms with van der Waals surface area (Å²) in [5, 5.41) is 11.9. The average Bonchev–Trinajstić information content (AvgIpc) is 2.45. The van der Waals surface area contributed by atoms with Gasteiger partial charge in [-0.05, 0) is 43.5 Å². The van der Waals surface area contributed by atoms with Gasteiger partial charge in [-0.3, -0.25) is 0 Å². The SMILES string of the molecule is C=CCCCCC[C@H](Nc1ccc(C(F)(F)F)cc1)C(=O)O. The number of anilines is 1. The van der Waals surface area contributed by atoms with E-state index in [1.165, 1.54) is 12.1 Å². The number of unbranched alkanes of at least 4 members (excludes halogenated alkanes) is 3. The van der Waals surface area contributed by atoms with Crippen molar-refractivity contribution in [1.82, 2.24) is 0 Å². The first kappa shape index (κ1) is 18.1. The predicted octanol–water partition coefficient (Wildman–Crippen LogP) is 4.71. The standard InChI is InChI=1S/C16H20F3NO2/c1-2-3-4-5-6-7-14(15(21)22)20-13-10-8-12(9-11-13)16(17,18)19/h2,8-11,14,20H,1,3-7H2,(H,21,22)/t14-/m0/s1. The maximum atomic E-state index is 12.5. The van der Waals surface area contributed by atoms with E-state index >= 15 is 0 Å². The van der Waals surface area contributed by atoms with Gasteiger partial charge in [0.1, 0.15) is 6.04 Å². The fraction of sp³-hybridized carbons (Fsp3) is 0.438. The molecule has 0 aliphatic carbocycles. The Bertz CT molecular complexity index is 483. The van der Waals surface area contributed by atoms with E-state index in [0.717, 1.165) is 37.8 Å². The topological polar surface area (TPSA) is 49.3 Å². The highest BCUT2D eigenvalue weighted by Gasteiger charge is 2.30. The quantitative estimate of drug-likeness (QED) is 0.512. The van der Waals surface area contributed by atoms with E-state index in [-0.39, 0.29) is 0 Å². The second kappa shape index (κ2) is 8.46. The molecule has 0 unspecified atom stereocenters. The molecule has 0 aliphatic heterocycles. The number of hydrogen-bond donors (Lipinski definition) is 2. The van der Waals surface area contributed by atoms with Crippen molar-refractivity contribution in [3.05, 3.63) is 42.5 Å². The van der Waals surface area contributed by atoms with Crippen LogP contribution in [-0.2, 0) is 11.0 Å². The highest BCUT2D eigenvalue weighted by Crippen LogP contribution is 2.30. The molecule has 0 aromatic heterocycles. The first-order chi connectivity index (χ1) is 10.3. The summed E-state index contributed by atoms with van der Waals surface area (Å²) in [7, 11) is 0. The molecule has 0 amide bonds. The minimum absolute atomic E-state index is 0.367. The van der Waals surface area contributed by atoms with Crippen LogP contribution in [0.4, 0.5) is 18.9 Å². The fourth-order valence-corrected chi connectivity index (χ4v) is 2.03. The summed E-state index contributed by atoms with van der Waals surface area (Å²) < 4.78 is 37.4. The fourth-order valence-electron chi connectivity index (χ4n) is 2.03. The number of hydrogen-bond acceptors (Lipinski definition) is 2. The van der Waals surface area contributed by atoms with Crippen molar-refractivity contribution in [3.63, 3.8) is 0 Å². The smallest absolute Gasteiger partial charge is 0.416 e. The van der Waals surface area contributed by atoms with Crippen LogP contribution in [0.25, 0.3) is 0 Å². The molecule has 0 heterocycles. The van der Waals surface area contributed by atoms with Crippen molar-refractivity contribution < 1.29 is 23.1 Å². The second-order valence-electron chi connectivity index (χ2n) is 5.04. The molecule has 0 aliphatic rings. The Morgan fingerprint density at radius 2 is 1.86 bits per heavy atom. The minimum atomic E-state index is -4.39. The first-order valence-corrected chi connectivity index (χ1v) is 7.12. The van der Waals surface area contributed by atoms with E-state index in [9.17, 15) is 18.0 Å². The molecule has 122 valence electrons. The number of carboxylic acids is 1. The number of benzene rings is 1. The van der Waals surface area contributed by atoms with Crippen LogP contribution in [0, 0.1) is 0 Å². The summed E-state index contributed by atoms with van der Waals surface area (Å²) in [4.78, 5) is 11.2. The van der Waals surface area contributed by atoms with Crippen LogP contribution < -0.4 is 5.32 Å². The molecule has 1 aromatic rings. The first-order valence-electron chi connectivity index (χ1n) is 7.12. The second-order valence-corrected chi connectivity index (χ2v) is 5.04. The molecule has 0 spiro atoms. The molecule has 1 aromatic carbocycles. The average molecular weight is 315 g/mol. The van der Waals surface area contributed by atoms with Crippen LogP contribution in [0.3, 0.4) is 0 Å². The van der Waals surface area contributed by atoms with Crippen LogP contribution in [0.1, 0.15) is 37.7 Å². The zero-order valence-electron chi connectivity index (χ0n) is 12.2. The van der Waals surface area contributed by atoms with Gasteiger partial charge in [-0.25, -0.2) is 4.79 Å². The zero-order valence-corrected chi connectivity index (χ0v) is 12.2. The highest BCUT2D eigenvalue weighted by molar-refractivity contribution is 5.77. The Balaban J connectivity index is 2.56. The van der Waals surface area contributed by atoms with Gasteiger partial charge in [-0.15, -0.1) is 6.58 Å². The number of nitrogens with one attached hydrogen (secondary N) is 1. The number of alkyl halides is 3. The third kappa shape index (κ3) is 6.20. The van der Waals surface area contributed by atoms with Crippen LogP contribution in [0.2, 0.25) is 0 Å². The molecule has 0 radical (unpaired) electrons. The third-order valence-corrected chi connectivity index (χ3v) is 3.25. The van der Waals surface area contributed by atoms with Gasteiger partial charge >= 0.3 is 12.1 Å². The van der Waals surface area contributed by atoms with Gasteiger partial charge in [0.25, 0.3) is 0 Å². The summed E-state index contributed by atoms with van der Waals surface area (Å²) >= 11 is 0. The molecule has 1 atom stereocenters. The highest BCUT2D eigenvalue weighted by atomic mass is 19.4. The molecule has 2 N–H and O–H groups in total. The lowest BCUT2D eigenvalue weighted by Crippen LogP contribution is -2.29. The third-order valence-electron chi connectivity index (χ3n) is 3.25. The van der Waals surface area contributed by atoms with Crippen LogP contribution in [0.15, 0.2) is 36.9 Å². The summed E-state index contributed by atoms with van der Waals surface area (Å²) in [5.74, 6) is -1.01. The Hall–Kier alpha value is -1.98. The molecular weight excluding hydrogens is 295 g/mol. The van der Waals surface area contributed by atoms with E-state index in [0.29, 0.717) is 12.1 Å². The van der Waals surface area contributed by atoms with Gasteiger partial charge in [0, 0.05) is 5.69 Å². The summed E-state index contributed by atoms with van der Waals surface area (Å²) in [6.45, 7) is 3.62. The van der Waals surface area contributed by atoms with Gasteiger partial charge in [-0.2, -0.15) is 13.2 Å². The Kier molecular flexibility index (Phi) is 6.95. The summed E-state index contributed by atoms with van der Waals surface area (Å²) in [6, 6.07) is 3.56. The van der Waals surface area contributed by atoms with Gasteiger partial charge in [0.15, 0.2) is 0 Å². The maximum Gasteiger partial charge on any atom is 0.416 e. The van der Waals surface area contributed by atoms with Gasteiger partial charge < -0.3 is 10.4 Å². The van der Waals surface area contributed by atoms with Gasteiger partial charge in [0.05, 0.1) is 5.56 Å². The molecule has 6 heteroatoms. The van der Waals surface area contributed by atoms with E-state index in [1.807, 2.05) is 6.08 Å². The number of halogens is 3. The lowest BCUT2D eigenvalue weighted by atomic mass is 10.1. The van der Waals surface area contributed by atoms with Crippen molar-refractivity contribution in [2.75, 3.05) is 5.32 Å². The monoisotopic (exact) mass is 315 g/mol. The molecule has 0 saturated carbocycles. The van der Waals surface area contributed by atoms with E-state index < -0.39 is 23.8 Å². The molecular formula is C16H20F3NO2. The van der Waals surface area contributed by atoms with E-state index in [4.69, 9.17) is 5.11 Å². The Morgan fingerprint density at radius 1 is 1.23 bits per heavy atom. The van der Waals surface area contributed by atoms with Crippen LogP contribution in [0.5, 0.6) is 0 Å². The number of carboxylic acid groups (broad SMARTS) is 1. The molecule has 22 heavy (non-hydrogen) atoms. The molecule has 0 saturated heterocycles. The normalized spacial score (nSPS) is 12.7. The molecule has 0 fully saturated rings. The van der Waals surface area contributed by atoms with Crippen molar-refractivity contribution in [2.24, 2.45) is 0 Å². The van der Waals surface area contributed by atoms with Crippen LogP contribution >= 0.6 is 0 Å². The van der Waals surface area contributed by atoms with Crippen molar-refractivity contribution in [1.29, 1.82) is 0 Å². The number of rotatable bonds is 9. The molecule has 3 nitrogen and oxygen atoms in total. The predicted molar refractivity (Wildman–Crippen MR) is 79.8 cm³/mol. The largest absolute Gasteiger partial charge is 0.480 e. The molecule has 1 rings (SSSR count). The lowest BCUT2D eigenvalue weighted by Gasteiger charge is -2.16. The van der Waals surface area contributed by atoms with Crippen LogP contribution in [-0.4, -0.2) is 17.1 Å². The maximum absolute atomic E-state index is 12.5. The number of allylic oxidation sites excluding steroid dienone is 1. The van der Waals surface area contributed by atoms with Gasteiger partial charge in [-0.1, -0.05) is 18.9 Å². The molecule has 0 bridgehead atoms. The van der Waals surface area contributed by atoms with E-state index in [1.54, 1.807) is 0 Å². The zero-order chi connectivity index (χ0) is 16.6. The van der Waals surface area contributed by atoms with Crippen molar-refractivity contribution >= 4 is 11.7 Å². The minimum Gasteiger partial charge on any atom is -0.480 e. The van der Waals surface area contributed by atoms with Crippen molar-refractivity contribution in [2.45, 2.75) is 44.3 Å². The summed E-state index contributed by atoms with van der Waals surface area (Å²) in [5.41, 5.74) is -0.388. The summed E-state index contributed by atoms with van der Waals surface area (Å²) in [6.07, 6.45) is 1.32. The van der Waals surface area contributed by atoms with Crippen molar-refractivity contribution in [3.8, 4) is 0 Å². The van der Waals surface area contributed by atoms with Gasteiger partial charge in [0.2, 0.25) is 0 Å². The lowest BCUT2D eigenvalue weighted by molar-refractivity contribution is -0.138. The Morgan fingerprint density at radius 3 is 2.36 bits per heavy atom.